The summed E-state index contributed by atoms with van der Waals surface area (Å²) >= 11 is 0. The van der Waals surface area contributed by atoms with E-state index in [4.69, 9.17) is 4.74 Å². The zero-order valence-corrected chi connectivity index (χ0v) is 15.8. The number of carbonyl (C=O) groups is 5. The SMILES string of the molecule is COC(=O)c1ccc(NC(=O)COC(=O)c2cccc(N3C(=O)C=CC3=O)c2)cc1. The zero-order valence-electron chi connectivity index (χ0n) is 15.8. The van der Waals surface area contributed by atoms with Crippen LogP contribution >= 0.6 is 0 Å². The lowest BCUT2D eigenvalue weighted by molar-refractivity contribution is -0.120. The van der Waals surface area contributed by atoms with Gasteiger partial charge in [-0.3, -0.25) is 14.4 Å². The van der Waals surface area contributed by atoms with Gasteiger partial charge in [0, 0.05) is 17.8 Å². The fourth-order valence-electron chi connectivity index (χ4n) is 2.65. The number of anilines is 2. The Bertz CT molecular complexity index is 1040. The smallest absolute Gasteiger partial charge is 0.338 e. The van der Waals surface area contributed by atoms with Crippen LogP contribution in [0.5, 0.6) is 0 Å². The molecule has 1 N–H and O–H groups in total. The van der Waals surface area contributed by atoms with Crippen LogP contribution in [0.1, 0.15) is 20.7 Å². The second-order valence-corrected chi connectivity index (χ2v) is 6.09. The van der Waals surface area contributed by atoms with Crippen LogP contribution < -0.4 is 10.2 Å². The number of esters is 2. The summed E-state index contributed by atoms with van der Waals surface area (Å²) in [6.45, 7) is -0.551. The third kappa shape index (κ3) is 4.58. The predicted octanol–water partition coefficient (Wildman–Crippen LogP) is 1.70. The maximum Gasteiger partial charge on any atom is 0.338 e. The van der Waals surface area contributed by atoms with Crippen LogP contribution in [0.25, 0.3) is 0 Å². The molecule has 9 heteroatoms. The van der Waals surface area contributed by atoms with Crippen LogP contribution in [0, 0.1) is 0 Å². The summed E-state index contributed by atoms with van der Waals surface area (Å²) in [6.07, 6.45) is 2.27. The highest BCUT2D eigenvalue weighted by Gasteiger charge is 2.25. The number of carbonyl (C=O) groups excluding carboxylic acids is 5. The Morgan fingerprint density at radius 1 is 0.900 bits per heavy atom. The number of benzene rings is 2. The molecule has 2 aromatic carbocycles. The Hall–Kier alpha value is -4.27. The molecule has 0 radical (unpaired) electrons. The van der Waals surface area contributed by atoms with Gasteiger partial charge in [0.1, 0.15) is 0 Å². The molecule has 0 bridgehead atoms. The number of amides is 3. The fourth-order valence-corrected chi connectivity index (χ4v) is 2.65. The maximum absolute atomic E-state index is 12.2. The van der Waals surface area contributed by atoms with Crippen molar-refractivity contribution in [3.05, 3.63) is 71.8 Å². The number of hydrogen-bond acceptors (Lipinski definition) is 7. The molecule has 0 aliphatic carbocycles. The molecule has 3 rings (SSSR count). The summed E-state index contributed by atoms with van der Waals surface area (Å²) in [5.74, 6) is -2.90. The average molecular weight is 408 g/mol. The van der Waals surface area contributed by atoms with Crippen LogP contribution in [-0.2, 0) is 23.9 Å². The molecule has 1 aliphatic heterocycles. The van der Waals surface area contributed by atoms with Gasteiger partial charge in [-0.05, 0) is 42.5 Å². The van der Waals surface area contributed by atoms with E-state index < -0.39 is 36.3 Å². The van der Waals surface area contributed by atoms with E-state index in [0.717, 1.165) is 17.1 Å². The van der Waals surface area contributed by atoms with Crippen molar-refractivity contribution in [1.82, 2.24) is 0 Å². The molecule has 152 valence electrons. The van der Waals surface area contributed by atoms with E-state index in [-0.39, 0.29) is 11.3 Å². The van der Waals surface area contributed by atoms with Crippen molar-refractivity contribution in [3.8, 4) is 0 Å². The molecule has 1 heterocycles. The Balaban J connectivity index is 1.57. The minimum Gasteiger partial charge on any atom is -0.465 e. The predicted molar refractivity (Wildman–Crippen MR) is 105 cm³/mol. The van der Waals surface area contributed by atoms with Crippen molar-refractivity contribution in [3.63, 3.8) is 0 Å². The summed E-state index contributed by atoms with van der Waals surface area (Å²) in [5.41, 5.74) is 1.03. The molecule has 0 fully saturated rings. The first-order valence-electron chi connectivity index (χ1n) is 8.70. The maximum atomic E-state index is 12.2. The van der Waals surface area contributed by atoms with Crippen LogP contribution in [0.4, 0.5) is 11.4 Å². The van der Waals surface area contributed by atoms with Crippen LogP contribution in [0.3, 0.4) is 0 Å². The van der Waals surface area contributed by atoms with Crippen molar-refractivity contribution in [1.29, 1.82) is 0 Å². The van der Waals surface area contributed by atoms with Crippen molar-refractivity contribution < 1.29 is 33.4 Å². The summed E-state index contributed by atoms with van der Waals surface area (Å²) in [4.78, 5) is 60.0. The second kappa shape index (κ2) is 8.82. The van der Waals surface area contributed by atoms with E-state index in [1.807, 2.05) is 0 Å². The van der Waals surface area contributed by atoms with Gasteiger partial charge in [0.05, 0.1) is 23.9 Å². The Morgan fingerprint density at radius 3 is 2.20 bits per heavy atom. The van der Waals surface area contributed by atoms with Crippen LogP contribution in [-0.4, -0.2) is 43.4 Å². The zero-order chi connectivity index (χ0) is 21.7. The Kier molecular flexibility index (Phi) is 6.02. The van der Waals surface area contributed by atoms with Gasteiger partial charge in [-0.25, -0.2) is 14.5 Å². The Labute approximate surface area is 170 Å². The topological polar surface area (TPSA) is 119 Å². The van der Waals surface area contributed by atoms with E-state index in [0.29, 0.717) is 11.3 Å². The van der Waals surface area contributed by atoms with Gasteiger partial charge in [-0.15, -0.1) is 0 Å². The molecular weight excluding hydrogens is 392 g/mol. The Morgan fingerprint density at radius 2 is 1.57 bits per heavy atom. The van der Waals surface area contributed by atoms with E-state index in [1.165, 1.54) is 55.6 Å². The summed E-state index contributed by atoms with van der Waals surface area (Å²) in [6, 6.07) is 11.7. The minimum atomic E-state index is -0.792. The highest BCUT2D eigenvalue weighted by atomic mass is 16.5. The molecule has 3 amide bonds. The van der Waals surface area contributed by atoms with E-state index >= 15 is 0 Å². The van der Waals surface area contributed by atoms with Crippen molar-refractivity contribution >= 4 is 41.0 Å². The monoisotopic (exact) mass is 408 g/mol. The number of ether oxygens (including phenoxy) is 2. The summed E-state index contributed by atoms with van der Waals surface area (Å²) in [7, 11) is 1.26. The number of methoxy groups -OCH3 is 1. The van der Waals surface area contributed by atoms with Gasteiger partial charge < -0.3 is 14.8 Å². The van der Waals surface area contributed by atoms with Gasteiger partial charge in [0.2, 0.25) is 0 Å². The number of hydrogen-bond donors (Lipinski definition) is 1. The lowest BCUT2D eigenvalue weighted by atomic mass is 10.2. The number of nitrogens with one attached hydrogen (secondary N) is 1. The van der Waals surface area contributed by atoms with Gasteiger partial charge in [0.25, 0.3) is 17.7 Å². The lowest BCUT2D eigenvalue weighted by Gasteiger charge is -2.14. The van der Waals surface area contributed by atoms with Gasteiger partial charge in [-0.2, -0.15) is 0 Å². The third-order valence-electron chi connectivity index (χ3n) is 4.07. The van der Waals surface area contributed by atoms with Crippen LogP contribution in [0.2, 0.25) is 0 Å². The largest absolute Gasteiger partial charge is 0.465 e. The first-order chi connectivity index (χ1) is 14.4. The molecule has 9 nitrogen and oxygen atoms in total. The lowest BCUT2D eigenvalue weighted by Crippen LogP contribution is -2.29. The molecule has 0 unspecified atom stereocenters. The van der Waals surface area contributed by atoms with Crippen molar-refractivity contribution in [2.24, 2.45) is 0 Å². The molecule has 0 atom stereocenters. The van der Waals surface area contributed by atoms with Gasteiger partial charge >= 0.3 is 11.9 Å². The normalized spacial score (nSPS) is 12.6. The third-order valence-corrected chi connectivity index (χ3v) is 4.07. The quantitative estimate of drug-likeness (QED) is 0.571. The van der Waals surface area contributed by atoms with Crippen molar-refractivity contribution in [2.45, 2.75) is 0 Å². The van der Waals surface area contributed by atoms with Crippen molar-refractivity contribution in [2.75, 3.05) is 23.9 Å². The molecule has 0 saturated carbocycles. The summed E-state index contributed by atoms with van der Waals surface area (Å²) < 4.78 is 9.57. The number of imide groups is 1. The first-order valence-corrected chi connectivity index (χ1v) is 8.70. The molecule has 0 aromatic heterocycles. The van der Waals surface area contributed by atoms with E-state index in [1.54, 1.807) is 0 Å². The number of rotatable bonds is 6. The van der Waals surface area contributed by atoms with Crippen LogP contribution in [0.15, 0.2) is 60.7 Å². The fraction of sp³-hybridized carbons (Fsp3) is 0.0952. The van der Waals surface area contributed by atoms with Gasteiger partial charge in [0.15, 0.2) is 6.61 Å². The minimum absolute atomic E-state index is 0.0789. The number of nitrogens with zero attached hydrogens (tertiary/aromatic N) is 1. The standard InChI is InChI=1S/C21H16N2O7/c1-29-20(27)13-5-7-15(8-6-13)22-17(24)12-30-21(28)14-3-2-4-16(11-14)23-18(25)9-10-19(23)26/h2-11H,12H2,1H3,(H,22,24). The summed E-state index contributed by atoms with van der Waals surface area (Å²) in [5, 5.41) is 2.53. The second-order valence-electron chi connectivity index (χ2n) is 6.09. The molecule has 2 aromatic rings. The van der Waals surface area contributed by atoms with E-state index in [2.05, 4.69) is 10.1 Å². The average Bonchev–Trinajstić information content (AvgIpc) is 3.10. The highest BCUT2D eigenvalue weighted by molar-refractivity contribution is 6.28. The first kappa shape index (κ1) is 20.5. The molecule has 1 aliphatic rings. The molecule has 30 heavy (non-hydrogen) atoms. The highest BCUT2D eigenvalue weighted by Crippen LogP contribution is 2.20. The van der Waals surface area contributed by atoms with E-state index in [9.17, 15) is 24.0 Å². The molecular formula is C21H16N2O7. The molecule has 0 saturated heterocycles. The molecule has 0 spiro atoms. The van der Waals surface area contributed by atoms with Gasteiger partial charge in [-0.1, -0.05) is 6.07 Å².